The van der Waals surface area contributed by atoms with Crippen LogP contribution >= 0.6 is 0 Å². The molecule has 2 aromatic carbocycles. The van der Waals surface area contributed by atoms with Gasteiger partial charge in [0, 0.05) is 25.1 Å². The van der Waals surface area contributed by atoms with Crippen molar-refractivity contribution in [2.45, 2.75) is 24.9 Å². The Hall–Kier alpha value is -2.89. The van der Waals surface area contributed by atoms with Gasteiger partial charge in [-0.15, -0.1) is 0 Å². The summed E-state index contributed by atoms with van der Waals surface area (Å²) in [5.41, 5.74) is 1.77. The summed E-state index contributed by atoms with van der Waals surface area (Å²) in [6.07, 6.45) is 1.82. The third kappa shape index (κ3) is 3.65. The maximum absolute atomic E-state index is 13.4. The minimum atomic E-state index is -0.479. The highest BCUT2D eigenvalue weighted by molar-refractivity contribution is 5.94. The lowest BCUT2D eigenvalue weighted by molar-refractivity contribution is 0.0438. The van der Waals surface area contributed by atoms with Crippen molar-refractivity contribution >= 4 is 12.0 Å². The molecule has 0 saturated carbocycles. The molecule has 2 saturated heterocycles. The van der Waals surface area contributed by atoms with Crippen LogP contribution in [0.15, 0.2) is 48.5 Å². The van der Waals surface area contributed by atoms with Crippen molar-refractivity contribution in [2.75, 3.05) is 19.6 Å². The van der Waals surface area contributed by atoms with Gasteiger partial charge in [-0.3, -0.25) is 4.79 Å². The number of nitrogens with one attached hydrogen (secondary N) is 1. The van der Waals surface area contributed by atoms with Gasteiger partial charge in [-0.1, -0.05) is 24.3 Å². The Morgan fingerprint density at radius 3 is 2.59 bits per heavy atom. The van der Waals surface area contributed by atoms with E-state index in [1.807, 2.05) is 23.1 Å². The molecule has 0 aromatic heterocycles. The number of nitrogens with zero attached hydrogens (tertiary/aromatic N) is 1. The van der Waals surface area contributed by atoms with Crippen molar-refractivity contribution in [3.05, 3.63) is 59.9 Å². The van der Waals surface area contributed by atoms with E-state index in [1.165, 1.54) is 12.1 Å². The van der Waals surface area contributed by atoms with Gasteiger partial charge in [0.2, 0.25) is 0 Å². The number of carbonyl (C=O) groups excluding carboxylic acids is 2. The second kappa shape index (κ2) is 7.02. The zero-order chi connectivity index (χ0) is 18.9. The fourth-order valence-electron chi connectivity index (χ4n) is 3.81. The Morgan fingerprint density at radius 2 is 1.89 bits per heavy atom. The van der Waals surface area contributed by atoms with Crippen LogP contribution in [0.25, 0.3) is 11.1 Å². The molecule has 2 aromatic rings. The van der Waals surface area contributed by atoms with Crippen LogP contribution in [0.1, 0.15) is 29.6 Å². The summed E-state index contributed by atoms with van der Waals surface area (Å²) in [5, 5.41) is 2.72. The second-order valence-electron chi connectivity index (χ2n) is 7.16. The molecule has 6 heteroatoms. The summed E-state index contributed by atoms with van der Waals surface area (Å²) < 4.78 is 18.9. The van der Waals surface area contributed by atoms with Crippen LogP contribution in [0.2, 0.25) is 0 Å². The van der Waals surface area contributed by atoms with Crippen LogP contribution in [-0.4, -0.2) is 42.1 Å². The molecule has 2 aliphatic rings. The van der Waals surface area contributed by atoms with Gasteiger partial charge in [0.25, 0.3) is 5.91 Å². The van der Waals surface area contributed by atoms with E-state index in [0.29, 0.717) is 31.6 Å². The largest absolute Gasteiger partial charge is 0.441 e. The van der Waals surface area contributed by atoms with Crippen molar-refractivity contribution in [2.24, 2.45) is 0 Å². The molecule has 1 N–H and O–H groups in total. The molecule has 0 bridgehead atoms. The average molecular weight is 368 g/mol. The van der Waals surface area contributed by atoms with Crippen LogP contribution in [-0.2, 0) is 4.74 Å². The predicted octanol–water partition coefficient (Wildman–Crippen LogP) is 3.60. The molecule has 2 heterocycles. The maximum Gasteiger partial charge on any atom is 0.407 e. The molecule has 1 unspecified atom stereocenters. The summed E-state index contributed by atoms with van der Waals surface area (Å²) in [6, 6.07) is 13.6. The van der Waals surface area contributed by atoms with Crippen LogP contribution in [0.3, 0.4) is 0 Å². The number of ether oxygens (including phenoxy) is 1. The Kier molecular flexibility index (Phi) is 4.56. The van der Waals surface area contributed by atoms with Crippen LogP contribution in [0, 0.1) is 5.82 Å². The number of benzene rings is 2. The highest BCUT2D eigenvalue weighted by Gasteiger charge is 2.41. The summed E-state index contributed by atoms with van der Waals surface area (Å²) >= 11 is 0. The summed E-state index contributed by atoms with van der Waals surface area (Å²) in [5.74, 6) is -0.316. The Morgan fingerprint density at radius 1 is 1.07 bits per heavy atom. The average Bonchev–Trinajstić information content (AvgIpc) is 2.92. The first kappa shape index (κ1) is 17.5. The standard InChI is InChI=1S/C21H21FN2O3/c22-18-4-1-3-17(13-18)15-5-7-16(8-6-15)19(25)24-11-2-9-21(10-12-24)14-23-20(26)27-21/h1,3-8,13H,2,9-12,14H2,(H,23,26). The van der Waals surface area contributed by atoms with Crippen LogP contribution < -0.4 is 5.32 Å². The zero-order valence-corrected chi connectivity index (χ0v) is 14.9. The highest BCUT2D eigenvalue weighted by Crippen LogP contribution is 2.30. The van der Waals surface area contributed by atoms with Crippen molar-refractivity contribution in [3.8, 4) is 11.1 Å². The predicted molar refractivity (Wildman–Crippen MR) is 98.8 cm³/mol. The smallest absolute Gasteiger partial charge is 0.407 e. The zero-order valence-electron chi connectivity index (χ0n) is 14.9. The summed E-state index contributed by atoms with van der Waals surface area (Å²) in [6.45, 7) is 1.71. The molecule has 5 nitrogen and oxygen atoms in total. The lowest BCUT2D eigenvalue weighted by Crippen LogP contribution is -2.36. The quantitative estimate of drug-likeness (QED) is 0.881. The van der Waals surface area contributed by atoms with Crippen molar-refractivity contribution < 1.29 is 18.7 Å². The van der Waals surface area contributed by atoms with E-state index in [1.54, 1.807) is 18.2 Å². The highest BCUT2D eigenvalue weighted by atomic mass is 19.1. The normalized spacial score (nSPS) is 22.3. The van der Waals surface area contributed by atoms with Crippen molar-refractivity contribution in [1.29, 1.82) is 0 Å². The first-order valence-corrected chi connectivity index (χ1v) is 9.17. The molecule has 1 spiro atoms. The minimum Gasteiger partial charge on any atom is -0.441 e. The van der Waals surface area contributed by atoms with Gasteiger partial charge in [-0.25, -0.2) is 9.18 Å². The van der Waals surface area contributed by atoms with E-state index in [4.69, 9.17) is 4.74 Å². The number of rotatable bonds is 2. The molecule has 2 aliphatic heterocycles. The minimum absolute atomic E-state index is 0.0323. The van der Waals surface area contributed by atoms with E-state index in [9.17, 15) is 14.0 Å². The van der Waals surface area contributed by atoms with Crippen molar-refractivity contribution in [1.82, 2.24) is 10.2 Å². The number of carbonyl (C=O) groups is 2. The molecule has 0 aliphatic carbocycles. The Bertz CT molecular complexity index is 868. The first-order chi connectivity index (χ1) is 13.0. The third-order valence-electron chi connectivity index (χ3n) is 5.34. The number of hydrogen-bond acceptors (Lipinski definition) is 3. The lowest BCUT2D eigenvalue weighted by Gasteiger charge is -2.25. The molecule has 0 radical (unpaired) electrons. The molecule has 140 valence electrons. The molecular formula is C21H21FN2O3. The summed E-state index contributed by atoms with van der Waals surface area (Å²) in [4.78, 5) is 26.1. The van der Waals surface area contributed by atoms with Crippen molar-refractivity contribution in [3.63, 3.8) is 0 Å². The monoisotopic (exact) mass is 368 g/mol. The number of amides is 2. The van der Waals surface area contributed by atoms with E-state index in [0.717, 1.165) is 24.0 Å². The fourth-order valence-corrected chi connectivity index (χ4v) is 3.81. The van der Waals surface area contributed by atoms with Gasteiger partial charge in [-0.2, -0.15) is 0 Å². The van der Waals surface area contributed by atoms with Gasteiger partial charge in [-0.05, 0) is 48.2 Å². The molecular weight excluding hydrogens is 347 g/mol. The van der Waals surface area contributed by atoms with E-state index in [-0.39, 0.29) is 17.8 Å². The van der Waals surface area contributed by atoms with Crippen LogP contribution in [0.5, 0.6) is 0 Å². The van der Waals surface area contributed by atoms with E-state index in [2.05, 4.69) is 5.32 Å². The first-order valence-electron chi connectivity index (χ1n) is 9.17. The number of hydrogen-bond donors (Lipinski definition) is 1. The molecule has 2 fully saturated rings. The number of likely N-dealkylation sites (tertiary alicyclic amines) is 1. The van der Waals surface area contributed by atoms with E-state index >= 15 is 0 Å². The number of halogens is 1. The second-order valence-corrected chi connectivity index (χ2v) is 7.16. The number of alkyl carbamates (subject to hydrolysis) is 1. The van der Waals surface area contributed by atoms with Gasteiger partial charge in [0.05, 0.1) is 6.54 Å². The topological polar surface area (TPSA) is 58.6 Å². The Balaban J connectivity index is 1.46. The third-order valence-corrected chi connectivity index (χ3v) is 5.34. The Labute approximate surface area is 157 Å². The molecule has 27 heavy (non-hydrogen) atoms. The van der Waals surface area contributed by atoms with Gasteiger partial charge < -0.3 is 15.0 Å². The molecule has 1 atom stereocenters. The van der Waals surface area contributed by atoms with Crippen LogP contribution in [0.4, 0.5) is 9.18 Å². The molecule has 4 rings (SSSR count). The lowest BCUT2D eigenvalue weighted by atomic mass is 9.95. The molecule has 2 amide bonds. The summed E-state index contributed by atoms with van der Waals surface area (Å²) in [7, 11) is 0. The maximum atomic E-state index is 13.4. The SMILES string of the molecule is O=C1NCC2(CCCN(C(=O)c3ccc(-c4cccc(F)c4)cc3)CC2)O1. The van der Waals surface area contributed by atoms with Gasteiger partial charge in [0.15, 0.2) is 0 Å². The van der Waals surface area contributed by atoms with Gasteiger partial charge >= 0.3 is 6.09 Å². The van der Waals surface area contributed by atoms with Gasteiger partial charge in [0.1, 0.15) is 11.4 Å². The fraction of sp³-hybridized carbons (Fsp3) is 0.333. The van der Waals surface area contributed by atoms with E-state index < -0.39 is 5.60 Å².